The first-order valence-corrected chi connectivity index (χ1v) is 7.24. The van der Waals surface area contributed by atoms with Crippen LogP contribution in [0.25, 0.3) is 11.0 Å². The molecule has 0 aliphatic carbocycles. The molecule has 0 amide bonds. The topological polar surface area (TPSA) is 42.7 Å². The van der Waals surface area contributed by atoms with Gasteiger partial charge in [0.1, 0.15) is 0 Å². The first kappa shape index (κ1) is 13.9. The zero-order chi connectivity index (χ0) is 15.0. The zero-order valence-corrected chi connectivity index (χ0v) is 13.0. The van der Waals surface area contributed by atoms with Crippen LogP contribution in [0.2, 0.25) is 5.02 Å². The zero-order valence-electron chi connectivity index (χ0n) is 12.3. The Kier molecular flexibility index (Phi) is 3.55. The van der Waals surface area contributed by atoms with Crippen LogP contribution in [-0.4, -0.2) is 14.8 Å². The molecule has 0 saturated carbocycles. The van der Waals surface area contributed by atoms with Gasteiger partial charge in [0, 0.05) is 17.5 Å². The molecule has 0 saturated heterocycles. The lowest BCUT2D eigenvalue weighted by Crippen LogP contribution is -2.07. The number of benzene rings is 1. The maximum absolute atomic E-state index is 6.24. The average molecular weight is 301 g/mol. The normalized spacial score (nSPS) is 12.6. The predicted octanol–water partition coefficient (Wildman–Crippen LogP) is 4.10. The van der Waals surface area contributed by atoms with Crippen LogP contribution >= 0.6 is 11.6 Å². The summed E-state index contributed by atoms with van der Waals surface area (Å²) in [7, 11) is 1.90. The highest BCUT2D eigenvalue weighted by molar-refractivity contribution is 6.31. The fraction of sp³-hybridized carbons (Fsp3) is 0.250. The molecule has 0 fully saturated rings. The Labute approximate surface area is 128 Å². The van der Waals surface area contributed by atoms with E-state index in [9.17, 15) is 0 Å². The van der Waals surface area contributed by atoms with Gasteiger partial charge < -0.3 is 5.32 Å². The number of anilines is 1. The van der Waals surface area contributed by atoms with Crippen molar-refractivity contribution < 1.29 is 0 Å². The summed E-state index contributed by atoms with van der Waals surface area (Å²) in [6.07, 6.45) is 1.83. The lowest BCUT2D eigenvalue weighted by molar-refractivity contribution is 0.773. The summed E-state index contributed by atoms with van der Waals surface area (Å²) < 4.78 is 1.80. The number of hydrogen-bond donors (Lipinski definition) is 1. The number of pyridine rings is 1. The van der Waals surface area contributed by atoms with Gasteiger partial charge in [-0.25, -0.2) is 4.98 Å². The first-order chi connectivity index (χ1) is 10.1. The van der Waals surface area contributed by atoms with Gasteiger partial charge in [-0.1, -0.05) is 29.8 Å². The molecule has 1 aromatic carbocycles. The van der Waals surface area contributed by atoms with E-state index in [1.54, 1.807) is 4.68 Å². The Balaban J connectivity index is 1.91. The van der Waals surface area contributed by atoms with Gasteiger partial charge in [0.15, 0.2) is 5.65 Å². The molecule has 1 atom stereocenters. The summed E-state index contributed by atoms with van der Waals surface area (Å²) in [6, 6.07) is 10.0. The van der Waals surface area contributed by atoms with E-state index in [0.717, 1.165) is 33.0 Å². The smallest absolute Gasteiger partial charge is 0.157 e. The predicted molar refractivity (Wildman–Crippen MR) is 86.7 cm³/mol. The van der Waals surface area contributed by atoms with Crippen LogP contribution in [0.3, 0.4) is 0 Å². The number of hydrogen-bond acceptors (Lipinski definition) is 3. The maximum Gasteiger partial charge on any atom is 0.157 e. The number of nitrogens with one attached hydrogen (secondary N) is 1. The lowest BCUT2D eigenvalue weighted by atomic mass is 10.1. The lowest BCUT2D eigenvalue weighted by Gasteiger charge is -2.16. The van der Waals surface area contributed by atoms with Crippen LogP contribution in [0, 0.1) is 6.92 Å². The molecule has 5 heteroatoms. The Morgan fingerprint density at radius 1 is 1.29 bits per heavy atom. The van der Waals surface area contributed by atoms with E-state index in [2.05, 4.69) is 28.4 Å². The van der Waals surface area contributed by atoms with Crippen molar-refractivity contribution in [1.29, 1.82) is 0 Å². The summed E-state index contributed by atoms with van der Waals surface area (Å²) in [5.74, 6) is 0. The van der Waals surface area contributed by atoms with Gasteiger partial charge in [0.2, 0.25) is 0 Å². The third-order valence-corrected chi connectivity index (χ3v) is 3.96. The van der Waals surface area contributed by atoms with Gasteiger partial charge in [-0.05, 0) is 31.5 Å². The highest BCUT2D eigenvalue weighted by Gasteiger charge is 2.11. The van der Waals surface area contributed by atoms with E-state index < -0.39 is 0 Å². The number of fused-ring (bicyclic) bond motifs is 1. The average Bonchev–Trinajstić information content (AvgIpc) is 2.74. The number of halogens is 1. The molecule has 3 rings (SSSR count). The van der Waals surface area contributed by atoms with Crippen LogP contribution in [0.5, 0.6) is 0 Å². The standard InChI is InChI=1S/C16H17ClN4/c1-10(13-6-4-5-7-15(13)17)19-12-8-14-11(2)20-21(3)16(14)18-9-12/h4-10,19H,1-3H3/t10-/m0/s1. The Bertz CT molecular complexity index is 794. The maximum atomic E-state index is 6.24. The van der Waals surface area contributed by atoms with Gasteiger partial charge >= 0.3 is 0 Å². The minimum absolute atomic E-state index is 0.106. The molecule has 1 N–H and O–H groups in total. The summed E-state index contributed by atoms with van der Waals surface area (Å²) in [6.45, 7) is 4.08. The Morgan fingerprint density at radius 3 is 2.81 bits per heavy atom. The van der Waals surface area contributed by atoms with Crippen molar-refractivity contribution in [2.75, 3.05) is 5.32 Å². The molecule has 3 aromatic rings. The van der Waals surface area contributed by atoms with Crippen LogP contribution in [0.1, 0.15) is 24.2 Å². The molecule has 0 unspecified atom stereocenters. The van der Waals surface area contributed by atoms with Crippen molar-refractivity contribution in [3.63, 3.8) is 0 Å². The summed E-state index contributed by atoms with van der Waals surface area (Å²) in [5, 5.41) is 9.66. The second-order valence-electron chi connectivity index (χ2n) is 5.19. The number of rotatable bonds is 3. The number of aromatic nitrogens is 3. The monoisotopic (exact) mass is 300 g/mol. The second-order valence-corrected chi connectivity index (χ2v) is 5.60. The summed E-state index contributed by atoms with van der Waals surface area (Å²) >= 11 is 6.24. The SMILES string of the molecule is Cc1nn(C)c2ncc(N[C@@H](C)c3ccccc3Cl)cc12. The van der Waals surface area contributed by atoms with Crippen molar-refractivity contribution in [1.82, 2.24) is 14.8 Å². The molecule has 2 heterocycles. The van der Waals surface area contributed by atoms with Crippen molar-refractivity contribution in [3.8, 4) is 0 Å². The van der Waals surface area contributed by atoms with Gasteiger partial charge in [-0.3, -0.25) is 4.68 Å². The molecule has 4 nitrogen and oxygen atoms in total. The molecule has 21 heavy (non-hydrogen) atoms. The minimum Gasteiger partial charge on any atom is -0.377 e. The van der Waals surface area contributed by atoms with Crippen molar-refractivity contribution in [2.45, 2.75) is 19.9 Å². The third-order valence-electron chi connectivity index (χ3n) is 3.62. The van der Waals surface area contributed by atoms with E-state index in [1.807, 2.05) is 44.4 Å². The second kappa shape index (κ2) is 5.37. The van der Waals surface area contributed by atoms with E-state index in [-0.39, 0.29) is 6.04 Å². The van der Waals surface area contributed by atoms with Crippen molar-refractivity contribution in [2.24, 2.45) is 7.05 Å². The van der Waals surface area contributed by atoms with E-state index in [4.69, 9.17) is 11.6 Å². The highest BCUT2D eigenvalue weighted by atomic mass is 35.5. The van der Waals surface area contributed by atoms with Gasteiger partial charge in [0.05, 0.1) is 23.6 Å². The first-order valence-electron chi connectivity index (χ1n) is 6.86. The summed E-state index contributed by atoms with van der Waals surface area (Å²) in [4.78, 5) is 4.48. The minimum atomic E-state index is 0.106. The molecule has 0 aliphatic heterocycles. The van der Waals surface area contributed by atoms with Crippen molar-refractivity contribution in [3.05, 3.63) is 52.8 Å². The molecule has 108 valence electrons. The quantitative estimate of drug-likeness (QED) is 0.792. The Hall–Kier alpha value is -2.07. The molecule has 0 spiro atoms. The van der Waals surface area contributed by atoms with E-state index in [1.165, 1.54) is 0 Å². The fourth-order valence-electron chi connectivity index (χ4n) is 2.54. The van der Waals surface area contributed by atoms with Gasteiger partial charge in [-0.15, -0.1) is 0 Å². The number of nitrogens with zero attached hydrogens (tertiary/aromatic N) is 3. The molecule has 0 bridgehead atoms. The highest BCUT2D eigenvalue weighted by Crippen LogP contribution is 2.27. The molecule has 0 radical (unpaired) electrons. The van der Waals surface area contributed by atoms with Gasteiger partial charge in [0.25, 0.3) is 0 Å². The van der Waals surface area contributed by atoms with E-state index >= 15 is 0 Å². The van der Waals surface area contributed by atoms with Crippen molar-refractivity contribution >= 4 is 28.3 Å². The third kappa shape index (κ3) is 2.59. The van der Waals surface area contributed by atoms with E-state index in [0.29, 0.717) is 0 Å². The molecular weight excluding hydrogens is 284 g/mol. The fourth-order valence-corrected chi connectivity index (χ4v) is 2.84. The molecule has 0 aliphatic rings. The van der Waals surface area contributed by atoms with Crippen LogP contribution < -0.4 is 5.32 Å². The largest absolute Gasteiger partial charge is 0.377 e. The molecular formula is C16H17ClN4. The van der Waals surface area contributed by atoms with Gasteiger partial charge in [-0.2, -0.15) is 5.10 Å². The number of aryl methyl sites for hydroxylation is 2. The van der Waals surface area contributed by atoms with Crippen LogP contribution in [0.15, 0.2) is 36.5 Å². The van der Waals surface area contributed by atoms with Crippen LogP contribution in [0.4, 0.5) is 5.69 Å². The summed E-state index contributed by atoms with van der Waals surface area (Å²) in [5.41, 5.74) is 3.91. The van der Waals surface area contributed by atoms with Crippen LogP contribution in [-0.2, 0) is 7.05 Å². The Morgan fingerprint density at radius 2 is 2.05 bits per heavy atom. The molecule has 2 aromatic heterocycles.